The Hall–Kier alpha value is -4.00. The lowest BCUT2D eigenvalue weighted by Crippen LogP contribution is -2.46. The number of fused-ring (bicyclic) bond motifs is 3. The Bertz CT molecular complexity index is 1550. The molecule has 3 heterocycles. The van der Waals surface area contributed by atoms with E-state index in [-0.39, 0.29) is 11.6 Å². The minimum Gasteiger partial charge on any atom is -0.359 e. The van der Waals surface area contributed by atoms with E-state index in [0.29, 0.717) is 32.4 Å². The second-order valence-electron chi connectivity index (χ2n) is 9.43. The van der Waals surface area contributed by atoms with Crippen LogP contribution in [0.2, 0.25) is 10.0 Å². The van der Waals surface area contributed by atoms with Crippen LogP contribution in [0.25, 0.3) is 0 Å². The summed E-state index contributed by atoms with van der Waals surface area (Å²) in [4.78, 5) is 57.6. The first kappa shape index (κ1) is 24.3. The molecular weight excluding hydrogens is 523 g/mol. The van der Waals surface area contributed by atoms with Crippen LogP contribution >= 0.6 is 23.2 Å². The Balaban J connectivity index is 1.44. The van der Waals surface area contributed by atoms with Gasteiger partial charge in [0.1, 0.15) is 6.04 Å². The summed E-state index contributed by atoms with van der Waals surface area (Å²) >= 11 is 12.2. The average molecular weight is 543 g/mol. The maximum absolute atomic E-state index is 13.8. The van der Waals surface area contributed by atoms with E-state index in [1.165, 1.54) is 0 Å². The minimum absolute atomic E-state index is 0.200. The third kappa shape index (κ3) is 3.88. The van der Waals surface area contributed by atoms with Crippen LogP contribution in [-0.2, 0) is 9.59 Å². The van der Waals surface area contributed by atoms with Gasteiger partial charge < -0.3 is 4.90 Å². The number of anilines is 1. The van der Waals surface area contributed by atoms with E-state index >= 15 is 0 Å². The lowest BCUT2D eigenvalue weighted by Gasteiger charge is -2.32. The van der Waals surface area contributed by atoms with Gasteiger partial charge in [0.05, 0.1) is 23.6 Å². The topological polar surface area (TPSA) is 74.8 Å². The van der Waals surface area contributed by atoms with E-state index in [0.717, 1.165) is 4.90 Å². The normalized spacial score (nSPS) is 23.8. The Labute approximate surface area is 228 Å². The number of Topliss-reactive ketones (excluding diaryl/α,β-unsaturated/α-hetero) is 2. The van der Waals surface area contributed by atoms with Gasteiger partial charge in [-0.15, -0.1) is 0 Å². The van der Waals surface area contributed by atoms with Crippen molar-refractivity contribution < 1.29 is 19.2 Å². The van der Waals surface area contributed by atoms with Crippen LogP contribution in [0.4, 0.5) is 5.69 Å². The molecule has 0 N–H and O–H groups in total. The molecule has 0 aromatic heterocycles. The zero-order valence-corrected chi connectivity index (χ0v) is 21.3. The molecule has 2 fully saturated rings. The Kier molecular flexibility index (Phi) is 6.01. The first-order valence-corrected chi connectivity index (χ1v) is 12.8. The molecule has 0 bridgehead atoms. The molecule has 2 amide bonds. The number of halogens is 2. The van der Waals surface area contributed by atoms with Crippen molar-refractivity contribution in [3.05, 3.63) is 124 Å². The van der Waals surface area contributed by atoms with Gasteiger partial charge in [0.15, 0.2) is 11.6 Å². The highest BCUT2D eigenvalue weighted by molar-refractivity contribution is 6.32. The SMILES string of the molecule is O=C(C1=C[C@@H]2[C@@H]3C(=O)N(c4cccc(Cl)c4)C(=O)[C@H]3[C@@H](C(=O)c3ccc(Cl)cc3)N2C=C1)c1ccccc1. The van der Waals surface area contributed by atoms with Gasteiger partial charge in [-0.1, -0.05) is 65.7 Å². The molecule has 8 heteroatoms. The van der Waals surface area contributed by atoms with Crippen molar-refractivity contribution in [2.45, 2.75) is 12.1 Å². The summed E-state index contributed by atoms with van der Waals surface area (Å²) in [6.07, 6.45) is 5.00. The molecular formula is C30H20Cl2N2O4. The highest BCUT2D eigenvalue weighted by atomic mass is 35.5. The van der Waals surface area contributed by atoms with Gasteiger partial charge in [-0.3, -0.25) is 19.2 Å². The molecule has 188 valence electrons. The van der Waals surface area contributed by atoms with Gasteiger partial charge in [-0.2, -0.15) is 0 Å². The molecule has 2 saturated heterocycles. The second kappa shape index (κ2) is 9.39. The molecule has 3 aliphatic heterocycles. The predicted octanol–water partition coefficient (Wildman–Crippen LogP) is 5.37. The summed E-state index contributed by atoms with van der Waals surface area (Å²) < 4.78 is 0. The van der Waals surface area contributed by atoms with Gasteiger partial charge in [-0.25, -0.2) is 4.90 Å². The molecule has 0 saturated carbocycles. The summed E-state index contributed by atoms with van der Waals surface area (Å²) in [6, 6.07) is 20.2. The number of benzene rings is 3. The van der Waals surface area contributed by atoms with Crippen molar-refractivity contribution in [2.75, 3.05) is 4.90 Å². The molecule has 38 heavy (non-hydrogen) atoms. The van der Waals surface area contributed by atoms with Crippen LogP contribution in [-0.4, -0.2) is 40.4 Å². The monoisotopic (exact) mass is 542 g/mol. The van der Waals surface area contributed by atoms with Crippen molar-refractivity contribution in [2.24, 2.45) is 11.8 Å². The number of rotatable bonds is 5. The minimum atomic E-state index is -0.943. The van der Waals surface area contributed by atoms with E-state index in [9.17, 15) is 19.2 Å². The number of carbonyl (C=O) groups excluding carboxylic acids is 4. The maximum Gasteiger partial charge on any atom is 0.240 e. The number of carbonyl (C=O) groups is 4. The number of imide groups is 1. The van der Waals surface area contributed by atoms with Crippen molar-refractivity contribution in [3.63, 3.8) is 0 Å². The Morgan fingerprint density at radius 3 is 2.16 bits per heavy atom. The third-order valence-corrected chi connectivity index (χ3v) is 7.80. The highest BCUT2D eigenvalue weighted by Gasteiger charge is 2.63. The molecule has 0 aliphatic carbocycles. The zero-order valence-electron chi connectivity index (χ0n) is 19.8. The van der Waals surface area contributed by atoms with E-state index in [1.807, 2.05) is 6.07 Å². The smallest absolute Gasteiger partial charge is 0.240 e. The summed E-state index contributed by atoms with van der Waals surface area (Å²) in [6.45, 7) is 0. The van der Waals surface area contributed by atoms with Gasteiger partial charge in [-0.05, 0) is 48.5 Å². The van der Waals surface area contributed by atoms with Crippen LogP contribution in [0.3, 0.4) is 0 Å². The molecule has 6 rings (SSSR count). The molecule has 3 aliphatic rings. The number of allylic oxidation sites excluding steroid dienone is 2. The fourth-order valence-corrected chi connectivity index (χ4v) is 5.92. The molecule has 6 nitrogen and oxygen atoms in total. The Morgan fingerprint density at radius 1 is 0.737 bits per heavy atom. The van der Waals surface area contributed by atoms with Crippen molar-refractivity contribution >= 4 is 52.3 Å². The van der Waals surface area contributed by atoms with Crippen LogP contribution in [0, 0.1) is 11.8 Å². The standard InChI is InChI=1S/C30H20Cl2N2O4/c31-20-11-9-18(10-12-20)28(36)26-25-24(29(37)34(30(25)38)22-8-4-7-21(32)16-22)23-15-19(13-14-33(23)26)27(35)17-5-2-1-3-6-17/h1-16,23-26H/t23-,24+,25-,26+/m1/s1. The van der Waals surface area contributed by atoms with E-state index in [2.05, 4.69) is 0 Å². The van der Waals surface area contributed by atoms with Crippen molar-refractivity contribution in [3.8, 4) is 0 Å². The number of nitrogens with zero attached hydrogens (tertiary/aromatic N) is 2. The summed E-state index contributed by atoms with van der Waals surface area (Å²) in [5, 5.41) is 0.861. The molecule has 0 spiro atoms. The summed E-state index contributed by atoms with van der Waals surface area (Å²) in [7, 11) is 0. The summed E-state index contributed by atoms with van der Waals surface area (Å²) in [5.41, 5.74) is 1.64. The maximum atomic E-state index is 13.8. The first-order valence-electron chi connectivity index (χ1n) is 12.1. The van der Waals surface area contributed by atoms with Crippen molar-refractivity contribution in [1.82, 2.24) is 4.90 Å². The van der Waals surface area contributed by atoms with Crippen LogP contribution in [0.15, 0.2) is 103 Å². The lowest BCUT2D eigenvalue weighted by atomic mass is 9.85. The fourth-order valence-electron chi connectivity index (χ4n) is 5.61. The largest absolute Gasteiger partial charge is 0.359 e. The van der Waals surface area contributed by atoms with Crippen LogP contribution in [0.5, 0.6) is 0 Å². The van der Waals surface area contributed by atoms with Gasteiger partial charge in [0.25, 0.3) is 0 Å². The third-order valence-electron chi connectivity index (χ3n) is 7.31. The lowest BCUT2D eigenvalue weighted by molar-refractivity contribution is -0.123. The molecule has 4 atom stereocenters. The van der Waals surface area contributed by atoms with Crippen LogP contribution < -0.4 is 4.90 Å². The fraction of sp³-hybridized carbons (Fsp3) is 0.133. The zero-order chi connectivity index (χ0) is 26.6. The number of hydrogen-bond acceptors (Lipinski definition) is 5. The molecule has 3 aromatic rings. The second-order valence-corrected chi connectivity index (χ2v) is 10.3. The predicted molar refractivity (Wildman–Crippen MR) is 144 cm³/mol. The number of hydrogen-bond donors (Lipinski definition) is 0. The molecule has 3 aromatic carbocycles. The average Bonchev–Trinajstić information content (AvgIpc) is 3.40. The van der Waals surface area contributed by atoms with Gasteiger partial charge >= 0.3 is 0 Å². The quantitative estimate of drug-likeness (QED) is 0.320. The number of amides is 2. The first-order chi connectivity index (χ1) is 18.3. The van der Waals surface area contributed by atoms with Gasteiger partial charge in [0, 0.05) is 32.9 Å². The molecule has 0 unspecified atom stereocenters. The number of ketones is 2. The van der Waals surface area contributed by atoms with Crippen LogP contribution in [0.1, 0.15) is 20.7 Å². The van der Waals surface area contributed by atoms with Crippen molar-refractivity contribution in [1.29, 1.82) is 0 Å². The summed E-state index contributed by atoms with van der Waals surface area (Å²) in [5.74, 6) is -3.20. The van der Waals surface area contributed by atoms with E-state index < -0.39 is 35.7 Å². The highest BCUT2D eigenvalue weighted by Crippen LogP contribution is 2.47. The Morgan fingerprint density at radius 2 is 1.45 bits per heavy atom. The molecule has 0 radical (unpaired) electrons. The van der Waals surface area contributed by atoms with Gasteiger partial charge in [0.2, 0.25) is 11.8 Å². The van der Waals surface area contributed by atoms with E-state index in [1.54, 1.807) is 96.0 Å². The van der Waals surface area contributed by atoms with E-state index in [4.69, 9.17) is 23.2 Å².